The van der Waals surface area contributed by atoms with E-state index in [9.17, 15) is 14.4 Å². The second-order valence-corrected chi connectivity index (χ2v) is 7.77. The van der Waals surface area contributed by atoms with Crippen LogP contribution in [0.1, 0.15) is 23.9 Å². The normalized spacial score (nSPS) is 22.7. The molecule has 3 aliphatic rings. The zero-order valence-corrected chi connectivity index (χ0v) is 17.6. The second kappa shape index (κ2) is 8.02. The lowest BCUT2D eigenvalue weighted by atomic mass is 10.1. The smallest absolute Gasteiger partial charge is 0.333 e. The van der Waals surface area contributed by atoms with Crippen LogP contribution in [0.3, 0.4) is 0 Å². The van der Waals surface area contributed by atoms with E-state index in [0.717, 1.165) is 17.2 Å². The molecule has 4 heterocycles. The number of amidine groups is 2. The molecule has 4 rings (SSSR count). The Morgan fingerprint density at radius 3 is 2.57 bits per heavy atom. The van der Waals surface area contributed by atoms with Gasteiger partial charge in [-0.1, -0.05) is 6.92 Å². The number of nitrogens with zero attached hydrogens (tertiary/aromatic N) is 6. The molecule has 0 radical (unpaired) electrons. The average molecular weight is 415 g/mol. The van der Waals surface area contributed by atoms with Gasteiger partial charge in [0, 0.05) is 40.3 Å². The van der Waals surface area contributed by atoms with Gasteiger partial charge in [0.15, 0.2) is 5.76 Å². The first-order valence-corrected chi connectivity index (χ1v) is 10.2. The number of hydrogen-bond acceptors (Lipinski definition) is 6. The third-order valence-corrected chi connectivity index (χ3v) is 5.83. The van der Waals surface area contributed by atoms with Crippen LogP contribution in [0.5, 0.6) is 0 Å². The molecule has 1 aromatic heterocycles. The Labute approximate surface area is 175 Å². The van der Waals surface area contributed by atoms with E-state index in [1.165, 1.54) is 18.2 Å². The summed E-state index contributed by atoms with van der Waals surface area (Å²) in [4.78, 5) is 48.9. The molecule has 0 N–H and O–H groups in total. The number of hydrogen-bond donors (Lipinski definition) is 0. The number of fused-ring (bicyclic) bond motifs is 1. The standard InChI is InChI=1S/C20H27N6O4/c1-4-7-26-15(21-17-16(26)19(28)23(3)20(29)22(17)2)13-24-8-10-25(11-9-24)18(27)14-6-5-12-30-14/h5-6,12,16H,4,7-11,13H2,1-3H3/q+1. The molecular weight excluding hydrogens is 388 g/mol. The molecule has 2 fully saturated rings. The zero-order valence-electron chi connectivity index (χ0n) is 17.6. The van der Waals surface area contributed by atoms with Crippen LogP contribution in [-0.4, -0.2) is 113 Å². The molecule has 160 valence electrons. The number of likely N-dealkylation sites (N-methyl/N-ethyl adjacent to an activating group) is 2. The van der Waals surface area contributed by atoms with Crippen molar-refractivity contribution in [2.24, 2.45) is 4.99 Å². The van der Waals surface area contributed by atoms with Gasteiger partial charge in [0.1, 0.15) is 6.54 Å². The van der Waals surface area contributed by atoms with Gasteiger partial charge in [-0.25, -0.2) is 9.37 Å². The molecule has 0 aliphatic carbocycles. The van der Waals surface area contributed by atoms with E-state index in [-0.39, 0.29) is 17.8 Å². The van der Waals surface area contributed by atoms with Crippen molar-refractivity contribution in [2.45, 2.75) is 19.4 Å². The lowest BCUT2D eigenvalue weighted by Gasteiger charge is -2.33. The molecule has 0 spiro atoms. The van der Waals surface area contributed by atoms with Crippen LogP contribution in [0.4, 0.5) is 4.79 Å². The Morgan fingerprint density at radius 2 is 1.93 bits per heavy atom. The van der Waals surface area contributed by atoms with Crippen LogP contribution < -0.4 is 0 Å². The van der Waals surface area contributed by atoms with Crippen LogP contribution in [0.2, 0.25) is 0 Å². The fraction of sp³-hybridized carbons (Fsp3) is 0.550. The number of amides is 4. The van der Waals surface area contributed by atoms with Crippen molar-refractivity contribution >= 4 is 29.5 Å². The maximum atomic E-state index is 12.8. The fourth-order valence-corrected chi connectivity index (χ4v) is 4.14. The predicted octanol–water partition coefficient (Wildman–Crippen LogP) is 0.163. The number of urea groups is 1. The SMILES string of the molecule is CCC[N+]1=C(CN2CCN(C(=O)c3ccco3)CC2)N=C2C1C(=O)N(C)C(=O)N2C. The molecule has 0 saturated carbocycles. The van der Waals surface area contributed by atoms with Crippen molar-refractivity contribution in [1.29, 1.82) is 0 Å². The Kier molecular flexibility index (Phi) is 5.42. The second-order valence-electron chi connectivity index (χ2n) is 7.77. The van der Waals surface area contributed by atoms with Crippen molar-refractivity contribution in [1.82, 2.24) is 19.6 Å². The van der Waals surface area contributed by atoms with Gasteiger partial charge >= 0.3 is 11.9 Å². The summed E-state index contributed by atoms with van der Waals surface area (Å²) in [6.45, 7) is 5.91. The van der Waals surface area contributed by atoms with Crippen LogP contribution >= 0.6 is 0 Å². The summed E-state index contributed by atoms with van der Waals surface area (Å²) in [6.07, 6.45) is 2.37. The number of carbonyl (C=O) groups is 3. The molecule has 4 amide bonds. The molecular formula is C20H27N6O4+. The molecule has 2 saturated heterocycles. The van der Waals surface area contributed by atoms with Gasteiger partial charge in [0.2, 0.25) is 0 Å². The van der Waals surface area contributed by atoms with E-state index in [1.54, 1.807) is 24.1 Å². The molecule has 3 aliphatic heterocycles. The number of piperazine rings is 1. The van der Waals surface area contributed by atoms with Crippen LogP contribution in [0, 0.1) is 0 Å². The number of imide groups is 1. The number of carbonyl (C=O) groups excluding carboxylic acids is 3. The Morgan fingerprint density at radius 1 is 1.20 bits per heavy atom. The van der Waals surface area contributed by atoms with Gasteiger partial charge in [-0.3, -0.25) is 24.3 Å². The van der Waals surface area contributed by atoms with Crippen molar-refractivity contribution in [3.05, 3.63) is 24.2 Å². The highest BCUT2D eigenvalue weighted by atomic mass is 16.3. The average Bonchev–Trinajstić information content (AvgIpc) is 3.40. The monoisotopic (exact) mass is 415 g/mol. The highest BCUT2D eigenvalue weighted by molar-refractivity contribution is 6.23. The minimum absolute atomic E-state index is 0.0965. The molecule has 1 atom stereocenters. The Hall–Kier alpha value is -3.01. The van der Waals surface area contributed by atoms with Gasteiger partial charge in [-0.15, -0.1) is 0 Å². The third-order valence-electron chi connectivity index (χ3n) is 5.83. The van der Waals surface area contributed by atoms with Gasteiger partial charge < -0.3 is 9.32 Å². The lowest BCUT2D eigenvalue weighted by molar-refractivity contribution is -0.536. The summed E-state index contributed by atoms with van der Waals surface area (Å²) in [6, 6.07) is 2.48. The van der Waals surface area contributed by atoms with Crippen LogP contribution in [0.25, 0.3) is 0 Å². The van der Waals surface area contributed by atoms with Gasteiger partial charge in [-0.05, 0) is 23.5 Å². The summed E-state index contributed by atoms with van der Waals surface area (Å²) in [5.41, 5.74) is 0. The van der Waals surface area contributed by atoms with E-state index >= 15 is 0 Å². The van der Waals surface area contributed by atoms with E-state index in [0.29, 0.717) is 50.9 Å². The summed E-state index contributed by atoms with van der Waals surface area (Å²) in [7, 11) is 3.17. The summed E-state index contributed by atoms with van der Waals surface area (Å²) in [5.74, 6) is 1.31. The lowest BCUT2D eigenvalue weighted by Crippen LogP contribution is -2.61. The maximum absolute atomic E-state index is 12.8. The first kappa shape index (κ1) is 20.3. The van der Waals surface area contributed by atoms with Crippen molar-refractivity contribution in [3.8, 4) is 0 Å². The van der Waals surface area contributed by atoms with Crippen molar-refractivity contribution in [2.75, 3.05) is 53.4 Å². The summed E-state index contributed by atoms with van der Waals surface area (Å²) < 4.78 is 7.23. The quantitative estimate of drug-likeness (QED) is 0.639. The predicted molar refractivity (Wildman–Crippen MR) is 109 cm³/mol. The summed E-state index contributed by atoms with van der Waals surface area (Å²) in [5, 5.41) is 0. The van der Waals surface area contributed by atoms with Gasteiger partial charge in [0.05, 0.1) is 12.8 Å². The number of rotatable bonds is 5. The van der Waals surface area contributed by atoms with Gasteiger partial charge in [0.25, 0.3) is 23.7 Å². The maximum Gasteiger partial charge on any atom is 0.333 e. The fourth-order valence-electron chi connectivity index (χ4n) is 4.14. The molecule has 0 bridgehead atoms. The zero-order chi connectivity index (χ0) is 21.4. The van der Waals surface area contributed by atoms with E-state index < -0.39 is 6.04 Å². The molecule has 30 heavy (non-hydrogen) atoms. The van der Waals surface area contributed by atoms with Crippen LogP contribution in [-0.2, 0) is 4.79 Å². The van der Waals surface area contributed by atoms with Gasteiger partial charge in [-0.2, -0.15) is 0 Å². The highest BCUT2D eigenvalue weighted by Crippen LogP contribution is 2.20. The molecule has 10 heteroatoms. The van der Waals surface area contributed by atoms with Crippen LogP contribution in [0.15, 0.2) is 27.8 Å². The van der Waals surface area contributed by atoms with E-state index in [4.69, 9.17) is 9.41 Å². The minimum atomic E-state index is -0.547. The molecule has 0 aromatic carbocycles. The first-order chi connectivity index (χ1) is 14.4. The summed E-state index contributed by atoms with van der Waals surface area (Å²) >= 11 is 0. The molecule has 1 aromatic rings. The molecule has 10 nitrogen and oxygen atoms in total. The Bertz CT molecular complexity index is 914. The largest absolute Gasteiger partial charge is 0.459 e. The van der Waals surface area contributed by atoms with E-state index in [2.05, 4.69) is 11.8 Å². The minimum Gasteiger partial charge on any atom is -0.459 e. The number of aliphatic imine (C=N–C) groups is 1. The first-order valence-electron chi connectivity index (χ1n) is 10.2. The molecule has 1 unspecified atom stereocenters. The highest BCUT2D eigenvalue weighted by Gasteiger charge is 2.52. The Balaban J connectivity index is 1.47. The third kappa shape index (κ3) is 3.41. The van der Waals surface area contributed by atoms with Crippen molar-refractivity contribution < 1.29 is 23.4 Å². The van der Waals surface area contributed by atoms with Crippen molar-refractivity contribution in [3.63, 3.8) is 0 Å². The topological polar surface area (TPSA) is 92.7 Å². The number of furan rings is 1. The van der Waals surface area contributed by atoms with E-state index in [1.807, 2.05) is 4.58 Å².